The number of fused-ring (bicyclic) bond motifs is 3. The first-order valence-electron chi connectivity index (χ1n) is 6.76. The van der Waals surface area contributed by atoms with E-state index in [-0.39, 0.29) is 11.8 Å². The Bertz CT molecular complexity index is 351. The highest BCUT2D eigenvalue weighted by molar-refractivity contribution is 5.19. The van der Waals surface area contributed by atoms with Gasteiger partial charge in [-0.3, -0.25) is 0 Å². The molecule has 4 nitrogen and oxygen atoms in total. The Morgan fingerprint density at radius 2 is 1.06 bits per heavy atom. The number of ether oxygens (including phenoxy) is 4. The summed E-state index contributed by atoms with van der Waals surface area (Å²) in [6.45, 7) is 2.69. The van der Waals surface area contributed by atoms with Crippen molar-refractivity contribution in [1.29, 1.82) is 0 Å². The van der Waals surface area contributed by atoms with Crippen molar-refractivity contribution in [2.24, 2.45) is 11.8 Å². The van der Waals surface area contributed by atoms with Crippen LogP contribution in [-0.2, 0) is 18.9 Å². The molecule has 2 saturated heterocycles. The van der Waals surface area contributed by atoms with Gasteiger partial charge < -0.3 is 18.9 Å². The zero-order valence-corrected chi connectivity index (χ0v) is 10.3. The molecule has 2 spiro atoms. The van der Waals surface area contributed by atoms with Crippen LogP contribution >= 0.6 is 0 Å². The summed E-state index contributed by atoms with van der Waals surface area (Å²) in [6, 6.07) is 0. The van der Waals surface area contributed by atoms with Crippen LogP contribution in [0.5, 0.6) is 0 Å². The van der Waals surface area contributed by atoms with Crippen LogP contribution in [0.2, 0.25) is 0 Å². The molecule has 4 rings (SSSR count). The van der Waals surface area contributed by atoms with Crippen LogP contribution in [-0.4, -0.2) is 38.0 Å². The molecule has 0 bridgehead atoms. The maximum atomic E-state index is 5.90. The molecule has 0 aromatic carbocycles. The molecule has 0 aromatic rings. The van der Waals surface area contributed by atoms with Crippen LogP contribution in [0.15, 0.2) is 24.3 Å². The standard InChI is InChI=1S/C14H18O4/c1-3-11-12(13(5-1)15-7-8-16-13)4-2-6-14(11)17-9-10-18-14/h1-2,5-6,11-12H,3-4,7-10H2/t11-,12-/m0/s1. The fourth-order valence-electron chi connectivity index (χ4n) is 3.73. The summed E-state index contributed by atoms with van der Waals surface area (Å²) in [5.74, 6) is -0.521. The number of hydrogen-bond acceptors (Lipinski definition) is 4. The summed E-state index contributed by atoms with van der Waals surface area (Å²) in [5.41, 5.74) is 0. The van der Waals surface area contributed by atoms with Crippen LogP contribution in [0.25, 0.3) is 0 Å². The van der Waals surface area contributed by atoms with Crippen LogP contribution < -0.4 is 0 Å². The normalized spacial score (nSPS) is 39.6. The maximum Gasteiger partial charge on any atom is 0.191 e. The molecular formula is C14H18O4. The van der Waals surface area contributed by atoms with E-state index in [2.05, 4.69) is 24.3 Å². The van der Waals surface area contributed by atoms with E-state index in [9.17, 15) is 0 Å². The Hall–Kier alpha value is -0.680. The van der Waals surface area contributed by atoms with E-state index in [1.165, 1.54) is 0 Å². The minimum atomic E-state index is -0.546. The first-order chi connectivity index (χ1) is 8.85. The van der Waals surface area contributed by atoms with Gasteiger partial charge in [0, 0.05) is 11.8 Å². The molecular weight excluding hydrogens is 232 g/mol. The average Bonchev–Trinajstić information content (AvgIpc) is 3.03. The lowest BCUT2D eigenvalue weighted by molar-refractivity contribution is -0.236. The molecule has 0 aromatic heterocycles. The summed E-state index contributed by atoms with van der Waals surface area (Å²) in [5, 5.41) is 0. The summed E-state index contributed by atoms with van der Waals surface area (Å²) in [4.78, 5) is 0. The van der Waals surface area contributed by atoms with Gasteiger partial charge in [0.05, 0.1) is 26.4 Å². The van der Waals surface area contributed by atoms with Crippen molar-refractivity contribution < 1.29 is 18.9 Å². The second kappa shape index (κ2) is 3.90. The third kappa shape index (κ3) is 1.40. The quantitative estimate of drug-likeness (QED) is 0.612. The molecule has 0 unspecified atom stereocenters. The first kappa shape index (κ1) is 11.2. The Balaban J connectivity index is 1.72. The second-order valence-electron chi connectivity index (χ2n) is 5.33. The van der Waals surface area contributed by atoms with Gasteiger partial charge in [0.2, 0.25) is 0 Å². The molecule has 0 saturated carbocycles. The SMILES string of the molecule is C1=CC2(OCCO2)[C@H]2CC=CC3(OCCO3)[C@H]2C1. The van der Waals surface area contributed by atoms with Crippen LogP contribution in [0, 0.1) is 11.8 Å². The summed E-state index contributed by atoms with van der Waals surface area (Å²) >= 11 is 0. The topological polar surface area (TPSA) is 36.9 Å². The minimum absolute atomic E-state index is 0.285. The summed E-state index contributed by atoms with van der Waals surface area (Å²) < 4.78 is 23.6. The van der Waals surface area contributed by atoms with Gasteiger partial charge >= 0.3 is 0 Å². The Morgan fingerprint density at radius 1 is 0.667 bits per heavy atom. The fraction of sp³-hybridized carbons (Fsp3) is 0.714. The highest BCUT2D eigenvalue weighted by Gasteiger charge is 2.57. The van der Waals surface area contributed by atoms with Crippen LogP contribution in [0.4, 0.5) is 0 Å². The Morgan fingerprint density at radius 3 is 1.44 bits per heavy atom. The molecule has 2 atom stereocenters. The van der Waals surface area contributed by atoms with Gasteiger partial charge in [-0.15, -0.1) is 0 Å². The lowest BCUT2D eigenvalue weighted by Gasteiger charge is -2.48. The number of hydrogen-bond donors (Lipinski definition) is 0. The Labute approximate surface area is 107 Å². The monoisotopic (exact) mass is 250 g/mol. The number of allylic oxidation sites excluding steroid dienone is 2. The molecule has 18 heavy (non-hydrogen) atoms. The zero-order valence-electron chi connectivity index (χ0n) is 10.3. The lowest BCUT2D eigenvalue weighted by Crippen LogP contribution is -2.53. The molecule has 2 aliphatic carbocycles. The van der Waals surface area contributed by atoms with Gasteiger partial charge in [0.15, 0.2) is 11.6 Å². The minimum Gasteiger partial charge on any atom is -0.344 e. The van der Waals surface area contributed by atoms with E-state index in [0.717, 1.165) is 12.8 Å². The second-order valence-corrected chi connectivity index (χ2v) is 5.33. The molecule has 0 N–H and O–H groups in total. The van der Waals surface area contributed by atoms with E-state index in [0.29, 0.717) is 26.4 Å². The van der Waals surface area contributed by atoms with E-state index in [4.69, 9.17) is 18.9 Å². The highest BCUT2D eigenvalue weighted by atomic mass is 16.7. The van der Waals surface area contributed by atoms with Gasteiger partial charge in [-0.05, 0) is 25.0 Å². The van der Waals surface area contributed by atoms with Gasteiger partial charge in [-0.2, -0.15) is 0 Å². The maximum absolute atomic E-state index is 5.90. The van der Waals surface area contributed by atoms with E-state index >= 15 is 0 Å². The molecule has 2 fully saturated rings. The van der Waals surface area contributed by atoms with Gasteiger partial charge in [-0.1, -0.05) is 12.2 Å². The van der Waals surface area contributed by atoms with Crippen molar-refractivity contribution >= 4 is 0 Å². The van der Waals surface area contributed by atoms with Gasteiger partial charge in [0.25, 0.3) is 0 Å². The highest BCUT2D eigenvalue weighted by Crippen LogP contribution is 2.51. The largest absolute Gasteiger partial charge is 0.344 e. The molecule has 4 heteroatoms. The third-order valence-corrected chi connectivity index (χ3v) is 4.48. The van der Waals surface area contributed by atoms with Gasteiger partial charge in [0.1, 0.15) is 0 Å². The molecule has 98 valence electrons. The first-order valence-corrected chi connectivity index (χ1v) is 6.76. The van der Waals surface area contributed by atoms with Crippen LogP contribution in [0.1, 0.15) is 12.8 Å². The predicted octanol–water partition coefficient (Wildman–Crippen LogP) is 1.62. The molecule has 4 aliphatic rings. The smallest absolute Gasteiger partial charge is 0.191 e. The van der Waals surface area contributed by atoms with Crippen molar-refractivity contribution in [3.05, 3.63) is 24.3 Å². The van der Waals surface area contributed by atoms with E-state index in [1.807, 2.05) is 0 Å². The molecule has 2 aliphatic heterocycles. The Kier molecular flexibility index (Phi) is 2.42. The lowest BCUT2D eigenvalue weighted by atomic mass is 9.69. The average molecular weight is 250 g/mol. The third-order valence-electron chi connectivity index (χ3n) is 4.48. The van der Waals surface area contributed by atoms with Crippen LogP contribution in [0.3, 0.4) is 0 Å². The fourth-order valence-corrected chi connectivity index (χ4v) is 3.73. The number of rotatable bonds is 0. The van der Waals surface area contributed by atoms with E-state index in [1.54, 1.807) is 0 Å². The predicted molar refractivity (Wildman–Crippen MR) is 63.8 cm³/mol. The molecule has 0 amide bonds. The van der Waals surface area contributed by atoms with E-state index < -0.39 is 11.6 Å². The summed E-state index contributed by atoms with van der Waals surface area (Å²) in [6.07, 6.45) is 10.4. The molecule has 2 heterocycles. The summed E-state index contributed by atoms with van der Waals surface area (Å²) in [7, 11) is 0. The van der Waals surface area contributed by atoms with Crippen molar-refractivity contribution in [2.45, 2.75) is 24.4 Å². The van der Waals surface area contributed by atoms with Crippen molar-refractivity contribution in [3.63, 3.8) is 0 Å². The van der Waals surface area contributed by atoms with Gasteiger partial charge in [-0.25, -0.2) is 0 Å². The molecule has 0 radical (unpaired) electrons. The van der Waals surface area contributed by atoms with Crippen molar-refractivity contribution in [2.75, 3.05) is 26.4 Å². The van der Waals surface area contributed by atoms with Crippen molar-refractivity contribution in [1.82, 2.24) is 0 Å². The van der Waals surface area contributed by atoms with Crippen molar-refractivity contribution in [3.8, 4) is 0 Å². The zero-order chi connectivity index (χ0) is 12.1.